The Morgan fingerprint density at radius 2 is 2.21 bits per heavy atom. The second kappa shape index (κ2) is 5.27. The number of nitrogens with two attached hydrogens (primary N) is 1. The summed E-state index contributed by atoms with van der Waals surface area (Å²) < 4.78 is 1.04. The first-order valence-corrected chi connectivity index (χ1v) is 5.39. The molecule has 0 bridgehead atoms. The van der Waals surface area contributed by atoms with Crippen LogP contribution >= 0.6 is 15.9 Å². The number of halogens is 1. The SMILES string of the molecule is CC(=O)CCc1ccc(CN)cc1Br. The van der Waals surface area contributed by atoms with Gasteiger partial charge in [0.25, 0.3) is 0 Å². The zero-order valence-electron chi connectivity index (χ0n) is 8.22. The average Bonchev–Trinajstić information content (AvgIpc) is 2.15. The molecule has 1 rings (SSSR count). The molecule has 1 aromatic carbocycles. The number of carbonyl (C=O) groups is 1. The van der Waals surface area contributed by atoms with Crippen molar-refractivity contribution in [1.82, 2.24) is 0 Å². The summed E-state index contributed by atoms with van der Waals surface area (Å²) in [4.78, 5) is 10.8. The summed E-state index contributed by atoms with van der Waals surface area (Å²) in [6.07, 6.45) is 1.39. The minimum atomic E-state index is 0.222. The highest BCUT2D eigenvalue weighted by Crippen LogP contribution is 2.19. The van der Waals surface area contributed by atoms with E-state index in [0.29, 0.717) is 13.0 Å². The van der Waals surface area contributed by atoms with E-state index in [1.165, 1.54) is 0 Å². The molecule has 0 spiro atoms. The molecule has 0 amide bonds. The van der Waals surface area contributed by atoms with Gasteiger partial charge in [-0.25, -0.2) is 0 Å². The highest BCUT2D eigenvalue weighted by atomic mass is 79.9. The second-order valence-electron chi connectivity index (χ2n) is 3.33. The monoisotopic (exact) mass is 255 g/mol. The summed E-state index contributed by atoms with van der Waals surface area (Å²) in [6, 6.07) is 6.03. The van der Waals surface area contributed by atoms with Gasteiger partial charge in [0.05, 0.1) is 0 Å². The van der Waals surface area contributed by atoms with E-state index in [9.17, 15) is 4.79 Å². The molecular weight excluding hydrogens is 242 g/mol. The zero-order valence-corrected chi connectivity index (χ0v) is 9.80. The van der Waals surface area contributed by atoms with E-state index < -0.39 is 0 Å². The lowest BCUT2D eigenvalue weighted by molar-refractivity contribution is -0.116. The molecule has 2 N–H and O–H groups in total. The van der Waals surface area contributed by atoms with Gasteiger partial charge in [-0.3, -0.25) is 0 Å². The molecule has 0 aliphatic rings. The zero-order chi connectivity index (χ0) is 10.6. The quantitative estimate of drug-likeness (QED) is 0.899. The molecule has 0 fully saturated rings. The highest BCUT2D eigenvalue weighted by Gasteiger charge is 2.02. The summed E-state index contributed by atoms with van der Waals surface area (Å²) in [7, 11) is 0. The molecule has 0 aromatic heterocycles. The number of benzene rings is 1. The fourth-order valence-corrected chi connectivity index (χ4v) is 1.86. The standard InChI is InChI=1S/C11H14BrNO/c1-8(14)2-4-10-5-3-9(7-13)6-11(10)12/h3,5-6H,2,4,7,13H2,1H3. The lowest BCUT2D eigenvalue weighted by Gasteiger charge is -2.05. The molecule has 0 radical (unpaired) electrons. The molecule has 0 saturated carbocycles. The first kappa shape index (κ1) is 11.4. The number of aryl methyl sites for hydroxylation is 1. The smallest absolute Gasteiger partial charge is 0.130 e. The molecule has 1 aromatic rings. The average molecular weight is 256 g/mol. The van der Waals surface area contributed by atoms with Crippen molar-refractivity contribution in [2.45, 2.75) is 26.3 Å². The molecule has 76 valence electrons. The van der Waals surface area contributed by atoms with Gasteiger partial charge in [-0.1, -0.05) is 28.1 Å². The third-order valence-electron chi connectivity index (χ3n) is 2.10. The van der Waals surface area contributed by atoms with E-state index in [-0.39, 0.29) is 5.78 Å². The third kappa shape index (κ3) is 3.24. The number of hydrogen-bond donors (Lipinski definition) is 1. The first-order chi connectivity index (χ1) is 6.63. The normalized spacial score (nSPS) is 10.2. The number of rotatable bonds is 4. The van der Waals surface area contributed by atoms with Gasteiger partial charge >= 0.3 is 0 Å². The fraction of sp³-hybridized carbons (Fsp3) is 0.364. The molecule has 0 saturated heterocycles. The van der Waals surface area contributed by atoms with Crippen LogP contribution in [0.4, 0.5) is 0 Å². The Hall–Kier alpha value is -0.670. The van der Waals surface area contributed by atoms with Crippen LogP contribution in [0.3, 0.4) is 0 Å². The van der Waals surface area contributed by atoms with E-state index in [2.05, 4.69) is 15.9 Å². The van der Waals surface area contributed by atoms with Crippen LogP contribution in [0.25, 0.3) is 0 Å². The van der Waals surface area contributed by atoms with E-state index in [0.717, 1.165) is 22.0 Å². The van der Waals surface area contributed by atoms with Crippen LogP contribution in [0.5, 0.6) is 0 Å². The maximum atomic E-state index is 10.8. The second-order valence-corrected chi connectivity index (χ2v) is 4.19. The minimum absolute atomic E-state index is 0.222. The number of hydrogen-bond acceptors (Lipinski definition) is 2. The predicted molar refractivity (Wildman–Crippen MR) is 61.0 cm³/mol. The van der Waals surface area contributed by atoms with Gasteiger partial charge in [-0.2, -0.15) is 0 Å². The van der Waals surface area contributed by atoms with E-state index in [1.54, 1.807) is 6.92 Å². The molecule has 0 aliphatic carbocycles. The van der Waals surface area contributed by atoms with Crippen molar-refractivity contribution >= 4 is 21.7 Å². The van der Waals surface area contributed by atoms with Gasteiger partial charge in [0, 0.05) is 17.4 Å². The fourth-order valence-electron chi connectivity index (χ4n) is 1.23. The summed E-state index contributed by atoms with van der Waals surface area (Å²) >= 11 is 3.47. The van der Waals surface area contributed by atoms with Crippen molar-refractivity contribution in [2.24, 2.45) is 5.73 Å². The largest absolute Gasteiger partial charge is 0.326 e. The lowest BCUT2D eigenvalue weighted by atomic mass is 10.1. The highest BCUT2D eigenvalue weighted by molar-refractivity contribution is 9.10. The molecule has 0 atom stereocenters. The van der Waals surface area contributed by atoms with Gasteiger partial charge in [0.2, 0.25) is 0 Å². The third-order valence-corrected chi connectivity index (χ3v) is 2.84. The Bertz CT molecular complexity index is 336. The van der Waals surface area contributed by atoms with Crippen LogP contribution in [-0.2, 0) is 17.8 Å². The Balaban J connectivity index is 2.73. The Morgan fingerprint density at radius 1 is 1.50 bits per heavy atom. The van der Waals surface area contributed by atoms with E-state index in [1.807, 2.05) is 18.2 Å². The van der Waals surface area contributed by atoms with Crippen LogP contribution in [0.1, 0.15) is 24.5 Å². The van der Waals surface area contributed by atoms with Crippen LogP contribution < -0.4 is 5.73 Å². The molecule has 0 unspecified atom stereocenters. The van der Waals surface area contributed by atoms with Gasteiger partial charge in [-0.15, -0.1) is 0 Å². The topological polar surface area (TPSA) is 43.1 Å². The number of ketones is 1. The Morgan fingerprint density at radius 3 is 2.71 bits per heavy atom. The summed E-state index contributed by atoms with van der Waals surface area (Å²) in [5.74, 6) is 0.222. The van der Waals surface area contributed by atoms with Gasteiger partial charge in [0.1, 0.15) is 5.78 Å². The first-order valence-electron chi connectivity index (χ1n) is 4.60. The van der Waals surface area contributed by atoms with Crippen LogP contribution in [0.15, 0.2) is 22.7 Å². The molecule has 14 heavy (non-hydrogen) atoms. The number of Topliss-reactive ketones (excluding diaryl/α,β-unsaturated/α-hetero) is 1. The predicted octanol–water partition coefficient (Wildman–Crippen LogP) is 2.43. The van der Waals surface area contributed by atoms with Crippen molar-refractivity contribution in [1.29, 1.82) is 0 Å². The van der Waals surface area contributed by atoms with E-state index in [4.69, 9.17) is 5.73 Å². The van der Waals surface area contributed by atoms with Gasteiger partial charge in [0.15, 0.2) is 0 Å². The maximum absolute atomic E-state index is 10.8. The van der Waals surface area contributed by atoms with Crippen LogP contribution in [0, 0.1) is 0 Å². The molecule has 2 nitrogen and oxygen atoms in total. The molecule has 3 heteroatoms. The number of carbonyl (C=O) groups excluding carboxylic acids is 1. The van der Waals surface area contributed by atoms with Crippen molar-refractivity contribution in [3.63, 3.8) is 0 Å². The van der Waals surface area contributed by atoms with Crippen molar-refractivity contribution < 1.29 is 4.79 Å². The summed E-state index contributed by atoms with van der Waals surface area (Å²) in [5, 5.41) is 0. The van der Waals surface area contributed by atoms with E-state index >= 15 is 0 Å². The lowest BCUT2D eigenvalue weighted by Crippen LogP contribution is -1.99. The Labute approximate surface area is 92.6 Å². The van der Waals surface area contributed by atoms with Crippen LogP contribution in [-0.4, -0.2) is 5.78 Å². The van der Waals surface area contributed by atoms with Gasteiger partial charge in [-0.05, 0) is 30.5 Å². The molecule has 0 heterocycles. The summed E-state index contributed by atoms with van der Waals surface area (Å²) in [5.41, 5.74) is 7.78. The van der Waals surface area contributed by atoms with Gasteiger partial charge < -0.3 is 10.5 Å². The molecule has 0 aliphatic heterocycles. The maximum Gasteiger partial charge on any atom is 0.130 e. The van der Waals surface area contributed by atoms with Crippen LogP contribution in [0.2, 0.25) is 0 Å². The van der Waals surface area contributed by atoms with Crippen molar-refractivity contribution in [3.05, 3.63) is 33.8 Å². The Kier molecular flexibility index (Phi) is 4.29. The molecular formula is C11H14BrNO. The minimum Gasteiger partial charge on any atom is -0.326 e. The van der Waals surface area contributed by atoms with Crippen molar-refractivity contribution in [2.75, 3.05) is 0 Å². The summed E-state index contributed by atoms with van der Waals surface area (Å²) in [6.45, 7) is 2.16. The van der Waals surface area contributed by atoms with Crippen molar-refractivity contribution in [3.8, 4) is 0 Å².